The van der Waals surface area contributed by atoms with E-state index in [1.54, 1.807) is 24.7 Å². The van der Waals surface area contributed by atoms with Crippen LogP contribution in [0.2, 0.25) is 0 Å². The van der Waals surface area contributed by atoms with Gasteiger partial charge in [0, 0.05) is 24.0 Å². The topological polar surface area (TPSA) is 44.1 Å². The van der Waals surface area contributed by atoms with Crippen molar-refractivity contribution in [2.45, 2.75) is 26.4 Å². The minimum atomic E-state index is -0.532. The van der Waals surface area contributed by atoms with Crippen molar-refractivity contribution in [2.24, 2.45) is 0 Å². The first kappa shape index (κ1) is 11.7. The predicted octanol–water partition coefficient (Wildman–Crippen LogP) is 1.61. The van der Waals surface area contributed by atoms with Crippen LogP contribution in [-0.4, -0.2) is 29.1 Å². The molecule has 0 spiro atoms. The van der Waals surface area contributed by atoms with E-state index >= 15 is 0 Å². The van der Waals surface area contributed by atoms with E-state index in [-0.39, 0.29) is 0 Å². The maximum absolute atomic E-state index is 12.0. The zero-order valence-electron chi connectivity index (χ0n) is 10.1. The molecule has 2 radical (unpaired) electrons. The summed E-state index contributed by atoms with van der Waals surface area (Å²) in [6.07, 6.45) is 4.36. The summed E-state index contributed by atoms with van der Waals surface area (Å²) in [4.78, 5) is 15.9. The van der Waals surface area contributed by atoms with Crippen molar-refractivity contribution in [3.63, 3.8) is 0 Å². The molecule has 0 unspecified atom stereocenters. The molecule has 2 aromatic rings. The molecule has 0 aromatic carbocycles. The Bertz CT molecular complexity index is 569. The number of nitrogens with zero attached hydrogens (tertiary/aromatic N) is 2. The molecule has 0 saturated heterocycles. The van der Waals surface area contributed by atoms with Crippen LogP contribution in [0.1, 0.15) is 20.8 Å². The Morgan fingerprint density at radius 3 is 2.82 bits per heavy atom. The first-order valence-corrected chi connectivity index (χ1v) is 5.32. The van der Waals surface area contributed by atoms with Gasteiger partial charge >= 0.3 is 6.09 Å². The fourth-order valence-corrected chi connectivity index (χ4v) is 1.56. The molecule has 0 aliphatic heterocycles. The summed E-state index contributed by atoms with van der Waals surface area (Å²) in [5.74, 6) is 0. The molecule has 2 rings (SSSR count). The zero-order chi connectivity index (χ0) is 12.6. The molecule has 86 valence electrons. The number of hydrogen-bond donors (Lipinski definition) is 0. The number of ether oxygens (including phenoxy) is 1. The van der Waals surface area contributed by atoms with E-state index in [0.29, 0.717) is 11.0 Å². The summed E-state index contributed by atoms with van der Waals surface area (Å²) in [6.45, 7) is 5.46. The fraction of sp³-hybridized carbons (Fsp3) is 0.333. The quantitative estimate of drug-likeness (QED) is 0.643. The lowest BCUT2D eigenvalue weighted by Gasteiger charge is -2.19. The van der Waals surface area contributed by atoms with Crippen LogP contribution in [0.15, 0.2) is 24.7 Å². The van der Waals surface area contributed by atoms with Crippen molar-refractivity contribution >= 4 is 30.3 Å². The highest BCUT2D eigenvalue weighted by Gasteiger charge is 2.19. The van der Waals surface area contributed by atoms with Gasteiger partial charge in [0.05, 0.1) is 5.52 Å². The predicted molar refractivity (Wildman–Crippen MR) is 66.8 cm³/mol. The van der Waals surface area contributed by atoms with Crippen LogP contribution < -0.4 is 5.46 Å². The number of rotatable bonds is 0. The van der Waals surface area contributed by atoms with E-state index in [0.717, 1.165) is 5.39 Å². The van der Waals surface area contributed by atoms with Crippen molar-refractivity contribution in [1.82, 2.24) is 9.55 Å². The van der Waals surface area contributed by atoms with Gasteiger partial charge in [-0.2, -0.15) is 0 Å². The monoisotopic (exact) mass is 228 g/mol. The lowest BCUT2D eigenvalue weighted by atomic mass is 9.97. The van der Waals surface area contributed by atoms with Gasteiger partial charge in [0.2, 0.25) is 0 Å². The number of pyridine rings is 1. The Labute approximate surface area is 101 Å². The van der Waals surface area contributed by atoms with Crippen LogP contribution in [-0.2, 0) is 4.74 Å². The van der Waals surface area contributed by atoms with Crippen LogP contribution in [0, 0.1) is 0 Å². The SMILES string of the molecule is [B]c1cn(C(=O)OC(C)(C)C)c2ccncc12. The Balaban J connectivity index is 2.46. The molecule has 4 nitrogen and oxygen atoms in total. The lowest BCUT2D eigenvalue weighted by molar-refractivity contribution is 0.0544. The standard InChI is InChI=1S/C12H13BN2O2/c1-12(2,3)17-11(16)15-7-9(13)8-6-14-5-4-10(8)15/h4-7H,1-3H3. The normalized spacial score (nSPS) is 11.7. The van der Waals surface area contributed by atoms with E-state index in [1.807, 2.05) is 20.8 Å². The molecule has 0 N–H and O–H groups in total. The fourth-order valence-electron chi connectivity index (χ4n) is 1.56. The molecule has 0 amide bonds. The van der Waals surface area contributed by atoms with Crippen molar-refractivity contribution in [3.8, 4) is 0 Å². The first-order chi connectivity index (χ1) is 7.88. The zero-order valence-corrected chi connectivity index (χ0v) is 10.1. The molecular weight excluding hydrogens is 215 g/mol. The Hall–Kier alpha value is -1.78. The molecule has 0 aliphatic rings. The maximum atomic E-state index is 12.0. The largest absolute Gasteiger partial charge is 0.443 e. The Morgan fingerprint density at radius 1 is 1.47 bits per heavy atom. The lowest BCUT2D eigenvalue weighted by Crippen LogP contribution is -2.26. The number of fused-ring (bicyclic) bond motifs is 1. The number of aromatic nitrogens is 2. The van der Waals surface area contributed by atoms with E-state index in [9.17, 15) is 4.79 Å². The molecule has 0 aliphatic carbocycles. The molecule has 17 heavy (non-hydrogen) atoms. The van der Waals surface area contributed by atoms with E-state index in [1.165, 1.54) is 4.57 Å². The average molecular weight is 228 g/mol. The second-order valence-electron chi connectivity index (χ2n) is 4.83. The maximum Gasteiger partial charge on any atom is 0.418 e. The number of carbonyl (C=O) groups excluding carboxylic acids is 1. The third-order valence-electron chi connectivity index (χ3n) is 2.23. The van der Waals surface area contributed by atoms with E-state index < -0.39 is 11.7 Å². The molecule has 0 saturated carbocycles. The molecule has 5 heteroatoms. The summed E-state index contributed by atoms with van der Waals surface area (Å²) >= 11 is 0. The molecule has 0 fully saturated rings. The van der Waals surface area contributed by atoms with E-state index in [4.69, 9.17) is 12.6 Å². The van der Waals surface area contributed by atoms with Crippen LogP contribution in [0.4, 0.5) is 4.79 Å². The first-order valence-electron chi connectivity index (χ1n) is 5.32. The summed E-state index contributed by atoms with van der Waals surface area (Å²) in [7, 11) is 5.81. The molecule has 0 bridgehead atoms. The van der Waals surface area contributed by atoms with Crippen molar-refractivity contribution in [3.05, 3.63) is 24.7 Å². The minimum absolute atomic E-state index is 0.439. The molecular formula is C12H13BN2O2. The van der Waals surface area contributed by atoms with Crippen molar-refractivity contribution < 1.29 is 9.53 Å². The van der Waals surface area contributed by atoms with Gasteiger partial charge in [0.25, 0.3) is 0 Å². The molecule has 2 aromatic heterocycles. The van der Waals surface area contributed by atoms with Crippen LogP contribution in [0.25, 0.3) is 10.9 Å². The van der Waals surface area contributed by atoms with Gasteiger partial charge in [-0.1, -0.05) is 5.46 Å². The average Bonchev–Trinajstić information content (AvgIpc) is 2.55. The minimum Gasteiger partial charge on any atom is -0.443 e. The van der Waals surface area contributed by atoms with Gasteiger partial charge < -0.3 is 4.74 Å². The van der Waals surface area contributed by atoms with Gasteiger partial charge in [-0.25, -0.2) is 4.79 Å². The van der Waals surface area contributed by atoms with Crippen molar-refractivity contribution in [2.75, 3.05) is 0 Å². The smallest absolute Gasteiger partial charge is 0.418 e. The highest BCUT2D eigenvalue weighted by atomic mass is 16.6. The van der Waals surface area contributed by atoms with Crippen molar-refractivity contribution in [1.29, 1.82) is 0 Å². The van der Waals surface area contributed by atoms with Gasteiger partial charge in [0.1, 0.15) is 13.4 Å². The molecule has 2 heterocycles. The van der Waals surface area contributed by atoms with Gasteiger partial charge in [0.15, 0.2) is 0 Å². The second-order valence-corrected chi connectivity index (χ2v) is 4.83. The van der Waals surface area contributed by atoms with Crippen LogP contribution in [0.5, 0.6) is 0 Å². The number of carbonyl (C=O) groups is 1. The Kier molecular flexibility index (Phi) is 2.69. The summed E-state index contributed by atoms with van der Waals surface area (Å²) in [6, 6.07) is 1.73. The van der Waals surface area contributed by atoms with Crippen LogP contribution >= 0.6 is 0 Å². The third-order valence-corrected chi connectivity index (χ3v) is 2.23. The Morgan fingerprint density at radius 2 is 2.18 bits per heavy atom. The summed E-state index contributed by atoms with van der Waals surface area (Å²) in [5.41, 5.74) is 0.681. The summed E-state index contributed by atoms with van der Waals surface area (Å²) < 4.78 is 6.69. The number of hydrogen-bond acceptors (Lipinski definition) is 3. The van der Waals surface area contributed by atoms with E-state index in [2.05, 4.69) is 4.98 Å². The van der Waals surface area contributed by atoms with Gasteiger partial charge in [-0.3, -0.25) is 9.55 Å². The third kappa shape index (κ3) is 2.33. The highest BCUT2D eigenvalue weighted by molar-refractivity contribution is 6.39. The van der Waals surface area contributed by atoms with Gasteiger partial charge in [-0.05, 0) is 26.8 Å². The van der Waals surface area contributed by atoms with Gasteiger partial charge in [-0.15, -0.1) is 0 Å². The second kappa shape index (κ2) is 3.91. The summed E-state index contributed by atoms with van der Waals surface area (Å²) in [5, 5.41) is 0.748. The molecule has 0 atom stereocenters. The highest BCUT2D eigenvalue weighted by Crippen LogP contribution is 2.14. The van der Waals surface area contributed by atoms with Crippen LogP contribution in [0.3, 0.4) is 0 Å².